The van der Waals surface area contributed by atoms with Crippen LogP contribution >= 0.6 is 0 Å². The van der Waals surface area contributed by atoms with E-state index in [4.69, 9.17) is 0 Å². The van der Waals surface area contributed by atoms with E-state index in [2.05, 4.69) is 31.0 Å². The van der Waals surface area contributed by atoms with Gasteiger partial charge in [0.05, 0.1) is 0 Å². The van der Waals surface area contributed by atoms with Gasteiger partial charge in [0, 0.05) is 24.7 Å². The number of likely N-dealkylation sites (tertiary alicyclic amines) is 1. The van der Waals surface area contributed by atoms with Crippen LogP contribution in [0.3, 0.4) is 0 Å². The third-order valence-electron chi connectivity index (χ3n) is 4.82. The van der Waals surface area contributed by atoms with Gasteiger partial charge in [0.1, 0.15) is 5.82 Å². The standard InChI is InChI=1S/C18H29FN2/c1-4-17-11-6-14(3)21(17)13-12-18(20-5-2)15-7-9-16(19)10-8-15/h7-10,14,17-18,20H,4-6,11-13H2,1-3H3. The largest absolute Gasteiger partial charge is 0.310 e. The van der Waals surface area contributed by atoms with Gasteiger partial charge in [-0.05, 0) is 56.8 Å². The number of halogens is 1. The van der Waals surface area contributed by atoms with Crippen molar-refractivity contribution in [2.24, 2.45) is 0 Å². The Morgan fingerprint density at radius 2 is 1.95 bits per heavy atom. The van der Waals surface area contributed by atoms with Crippen LogP contribution in [0.25, 0.3) is 0 Å². The maximum atomic E-state index is 13.1. The van der Waals surface area contributed by atoms with Gasteiger partial charge in [-0.2, -0.15) is 0 Å². The minimum absolute atomic E-state index is 0.159. The van der Waals surface area contributed by atoms with E-state index in [0.29, 0.717) is 12.1 Å². The molecule has 0 aromatic heterocycles. The summed E-state index contributed by atoms with van der Waals surface area (Å²) in [5.74, 6) is -0.159. The van der Waals surface area contributed by atoms with Gasteiger partial charge in [-0.1, -0.05) is 26.0 Å². The van der Waals surface area contributed by atoms with Crippen LogP contribution in [0.15, 0.2) is 24.3 Å². The van der Waals surface area contributed by atoms with Gasteiger partial charge in [0.2, 0.25) is 0 Å². The van der Waals surface area contributed by atoms with Crippen molar-refractivity contribution in [3.8, 4) is 0 Å². The zero-order valence-corrected chi connectivity index (χ0v) is 13.6. The molecular formula is C18H29FN2. The van der Waals surface area contributed by atoms with Crippen molar-refractivity contribution < 1.29 is 4.39 Å². The van der Waals surface area contributed by atoms with Crippen molar-refractivity contribution in [2.75, 3.05) is 13.1 Å². The van der Waals surface area contributed by atoms with Crippen molar-refractivity contribution >= 4 is 0 Å². The predicted octanol–water partition coefficient (Wildman–Crippen LogP) is 4.13. The Kier molecular flexibility index (Phi) is 6.19. The summed E-state index contributed by atoms with van der Waals surface area (Å²) < 4.78 is 13.1. The predicted molar refractivity (Wildman–Crippen MR) is 86.9 cm³/mol. The van der Waals surface area contributed by atoms with Crippen LogP contribution in [0.2, 0.25) is 0 Å². The van der Waals surface area contributed by atoms with Crippen LogP contribution in [0, 0.1) is 5.82 Å². The molecule has 1 aromatic rings. The van der Waals surface area contributed by atoms with E-state index in [1.807, 2.05) is 12.1 Å². The highest BCUT2D eigenvalue weighted by Crippen LogP contribution is 2.27. The third kappa shape index (κ3) is 4.27. The number of nitrogens with zero attached hydrogens (tertiary/aromatic N) is 1. The molecule has 0 radical (unpaired) electrons. The van der Waals surface area contributed by atoms with Gasteiger partial charge in [-0.15, -0.1) is 0 Å². The van der Waals surface area contributed by atoms with Gasteiger partial charge in [-0.25, -0.2) is 4.39 Å². The molecule has 1 fully saturated rings. The fourth-order valence-corrected chi connectivity index (χ4v) is 3.57. The number of benzene rings is 1. The summed E-state index contributed by atoms with van der Waals surface area (Å²) in [5.41, 5.74) is 1.19. The summed E-state index contributed by atoms with van der Waals surface area (Å²) in [5, 5.41) is 3.54. The lowest BCUT2D eigenvalue weighted by Gasteiger charge is -2.30. The van der Waals surface area contributed by atoms with Crippen LogP contribution in [-0.4, -0.2) is 30.1 Å². The highest BCUT2D eigenvalue weighted by Gasteiger charge is 2.29. The second kappa shape index (κ2) is 7.90. The normalized spacial score (nSPS) is 24.4. The Morgan fingerprint density at radius 1 is 1.24 bits per heavy atom. The first-order valence-corrected chi connectivity index (χ1v) is 8.40. The Morgan fingerprint density at radius 3 is 2.57 bits per heavy atom. The number of hydrogen-bond donors (Lipinski definition) is 1. The van der Waals surface area contributed by atoms with Crippen molar-refractivity contribution in [2.45, 2.75) is 64.6 Å². The Balaban J connectivity index is 1.98. The van der Waals surface area contributed by atoms with E-state index in [1.54, 1.807) is 12.1 Å². The summed E-state index contributed by atoms with van der Waals surface area (Å²) in [6, 6.07) is 8.71. The van der Waals surface area contributed by atoms with Crippen LogP contribution in [0.1, 0.15) is 58.1 Å². The SMILES string of the molecule is CCNC(CCN1C(C)CCC1CC)c1ccc(F)cc1. The van der Waals surface area contributed by atoms with E-state index in [-0.39, 0.29) is 5.82 Å². The second-order valence-corrected chi connectivity index (χ2v) is 6.18. The van der Waals surface area contributed by atoms with Crippen LogP contribution in [-0.2, 0) is 0 Å². The minimum atomic E-state index is -0.159. The number of hydrogen-bond acceptors (Lipinski definition) is 2. The molecule has 21 heavy (non-hydrogen) atoms. The molecule has 118 valence electrons. The molecule has 3 heteroatoms. The Bertz CT molecular complexity index is 418. The number of rotatable bonds is 7. The third-order valence-corrected chi connectivity index (χ3v) is 4.82. The van der Waals surface area contributed by atoms with E-state index >= 15 is 0 Å². The second-order valence-electron chi connectivity index (χ2n) is 6.18. The molecule has 2 nitrogen and oxygen atoms in total. The molecule has 1 saturated heterocycles. The summed E-state index contributed by atoms with van der Waals surface area (Å²) in [7, 11) is 0. The fourth-order valence-electron chi connectivity index (χ4n) is 3.57. The van der Waals surface area contributed by atoms with Crippen LogP contribution in [0.5, 0.6) is 0 Å². The highest BCUT2D eigenvalue weighted by atomic mass is 19.1. The lowest BCUT2D eigenvalue weighted by Crippen LogP contribution is -2.37. The van der Waals surface area contributed by atoms with E-state index in [1.165, 1.54) is 24.8 Å². The monoisotopic (exact) mass is 292 g/mol. The molecule has 3 atom stereocenters. The molecule has 0 bridgehead atoms. The van der Waals surface area contributed by atoms with Gasteiger partial charge < -0.3 is 5.32 Å². The van der Waals surface area contributed by atoms with E-state index in [9.17, 15) is 4.39 Å². The Hall–Kier alpha value is -0.930. The van der Waals surface area contributed by atoms with Crippen LogP contribution in [0.4, 0.5) is 4.39 Å². The molecule has 1 aromatic carbocycles. The van der Waals surface area contributed by atoms with Gasteiger partial charge in [0.15, 0.2) is 0 Å². The summed E-state index contributed by atoms with van der Waals surface area (Å²) in [6.45, 7) is 8.82. The molecule has 0 aliphatic carbocycles. The van der Waals surface area contributed by atoms with Crippen molar-refractivity contribution in [3.63, 3.8) is 0 Å². The van der Waals surface area contributed by atoms with E-state index < -0.39 is 0 Å². The molecule has 1 heterocycles. The lowest BCUT2D eigenvalue weighted by atomic mass is 10.0. The zero-order chi connectivity index (χ0) is 15.2. The first-order chi connectivity index (χ1) is 10.2. The summed E-state index contributed by atoms with van der Waals surface area (Å²) in [6.07, 6.45) is 4.98. The average Bonchev–Trinajstić information content (AvgIpc) is 2.85. The van der Waals surface area contributed by atoms with Gasteiger partial charge in [-0.3, -0.25) is 4.90 Å². The topological polar surface area (TPSA) is 15.3 Å². The van der Waals surface area contributed by atoms with Crippen molar-refractivity contribution in [1.29, 1.82) is 0 Å². The lowest BCUT2D eigenvalue weighted by molar-refractivity contribution is 0.188. The smallest absolute Gasteiger partial charge is 0.123 e. The van der Waals surface area contributed by atoms with Gasteiger partial charge >= 0.3 is 0 Å². The molecule has 2 rings (SSSR count). The molecule has 1 aliphatic heterocycles. The van der Waals surface area contributed by atoms with Crippen LogP contribution < -0.4 is 5.32 Å². The first-order valence-electron chi connectivity index (χ1n) is 8.40. The van der Waals surface area contributed by atoms with Crippen molar-refractivity contribution in [3.05, 3.63) is 35.6 Å². The average molecular weight is 292 g/mol. The molecule has 3 unspecified atom stereocenters. The Labute approximate surface area is 128 Å². The molecule has 1 N–H and O–H groups in total. The van der Waals surface area contributed by atoms with Gasteiger partial charge in [0.25, 0.3) is 0 Å². The summed E-state index contributed by atoms with van der Waals surface area (Å²) in [4.78, 5) is 2.66. The highest BCUT2D eigenvalue weighted by molar-refractivity contribution is 5.20. The fraction of sp³-hybridized carbons (Fsp3) is 0.667. The first kappa shape index (κ1) is 16.4. The quantitative estimate of drug-likeness (QED) is 0.813. The maximum absolute atomic E-state index is 13.1. The minimum Gasteiger partial charge on any atom is -0.310 e. The molecule has 0 saturated carbocycles. The number of nitrogens with one attached hydrogen (secondary N) is 1. The van der Waals surface area contributed by atoms with Crippen molar-refractivity contribution in [1.82, 2.24) is 10.2 Å². The molecule has 0 spiro atoms. The summed E-state index contributed by atoms with van der Waals surface area (Å²) >= 11 is 0. The molecule has 1 aliphatic rings. The maximum Gasteiger partial charge on any atom is 0.123 e. The molecular weight excluding hydrogens is 263 g/mol. The molecule has 0 amide bonds. The zero-order valence-electron chi connectivity index (χ0n) is 13.6. The van der Waals surface area contributed by atoms with E-state index in [0.717, 1.165) is 25.6 Å².